The Morgan fingerprint density at radius 1 is 0.773 bits per heavy atom. The van der Waals surface area contributed by atoms with Crippen molar-refractivity contribution in [3.63, 3.8) is 0 Å². The lowest BCUT2D eigenvalue weighted by molar-refractivity contribution is -0.324. The standard InChI is InChI=1S/C36H60O8/c1-18-11-13-32(4)15-16-34(6)21(24(32)19(18)2)9-10-23-35(34,7)14-12-22-33(5,29(41)28(40)30(42)36(22,23)8)17-43-31-27(39)26(38)25(37)20(3)44-31/h9,18-20,22-31,37-42H,10-17H2,1-8H3/t18-,19+,20?,22+,23+,24+,25?,26?,27?,28-,29+,30-,31?,32-,33+,34-,35-,36+/m1/s1. The molecule has 5 unspecified atom stereocenters. The second kappa shape index (κ2) is 10.7. The Balaban J connectivity index is 1.35. The van der Waals surface area contributed by atoms with E-state index in [4.69, 9.17) is 9.47 Å². The molecule has 6 rings (SSSR count). The first-order valence-electron chi connectivity index (χ1n) is 17.4. The van der Waals surface area contributed by atoms with Gasteiger partial charge < -0.3 is 40.1 Å². The first-order valence-corrected chi connectivity index (χ1v) is 17.4. The molecule has 4 saturated carbocycles. The van der Waals surface area contributed by atoms with E-state index in [0.29, 0.717) is 23.2 Å². The van der Waals surface area contributed by atoms with Gasteiger partial charge in [-0.15, -0.1) is 0 Å². The average molecular weight is 621 g/mol. The molecule has 5 fully saturated rings. The van der Waals surface area contributed by atoms with Crippen LogP contribution >= 0.6 is 0 Å². The summed E-state index contributed by atoms with van der Waals surface area (Å²) >= 11 is 0. The lowest BCUT2D eigenvalue weighted by atomic mass is 9.33. The molecule has 0 radical (unpaired) electrons. The molecule has 5 aliphatic carbocycles. The molecule has 8 nitrogen and oxygen atoms in total. The summed E-state index contributed by atoms with van der Waals surface area (Å²) in [5.74, 6) is 1.81. The van der Waals surface area contributed by atoms with Crippen LogP contribution in [0, 0.1) is 56.7 Å². The molecular formula is C36H60O8. The third-order valence-electron chi connectivity index (χ3n) is 15.7. The quantitative estimate of drug-likeness (QED) is 0.262. The molecule has 1 aliphatic heterocycles. The summed E-state index contributed by atoms with van der Waals surface area (Å²) in [6.45, 7) is 18.0. The molecule has 0 spiro atoms. The topological polar surface area (TPSA) is 140 Å². The van der Waals surface area contributed by atoms with Crippen molar-refractivity contribution in [2.75, 3.05) is 6.61 Å². The summed E-state index contributed by atoms with van der Waals surface area (Å²) in [7, 11) is 0. The van der Waals surface area contributed by atoms with Crippen LogP contribution in [0.3, 0.4) is 0 Å². The third kappa shape index (κ3) is 4.23. The van der Waals surface area contributed by atoms with Gasteiger partial charge in [-0.2, -0.15) is 0 Å². The molecule has 0 bridgehead atoms. The SMILES string of the molecule is CC1OC(OC[C@]2(C)[C@@H](O)[C@@H](O)[C@@H](O)[C@]3(C)[C@H]4CC=C5[C@@H]6[C@@H](C)[C@H](C)CC[C@]6(C)CC[C@@]5(C)[C@]4(C)CC[C@@H]23)C(O)C(O)C1O. The van der Waals surface area contributed by atoms with Crippen molar-refractivity contribution in [1.29, 1.82) is 0 Å². The maximum absolute atomic E-state index is 11.9. The van der Waals surface area contributed by atoms with Gasteiger partial charge in [-0.1, -0.05) is 60.1 Å². The van der Waals surface area contributed by atoms with Crippen LogP contribution in [0.25, 0.3) is 0 Å². The minimum absolute atomic E-state index is 0.0137. The van der Waals surface area contributed by atoms with Crippen molar-refractivity contribution in [2.45, 2.75) is 149 Å². The smallest absolute Gasteiger partial charge is 0.186 e. The van der Waals surface area contributed by atoms with Crippen molar-refractivity contribution in [3.05, 3.63) is 11.6 Å². The van der Waals surface area contributed by atoms with Gasteiger partial charge in [0.15, 0.2) is 6.29 Å². The molecule has 0 aromatic carbocycles. The Morgan fingerprint density at radius 3 is 2.14 bits per heavy atom. The largest absolute Gasteiger partial charge is 0.390 e. The van der Waals surface area contributed by atoms with Gasteiger partial charge in [0.25, 0.3) is 0 Å². The number of hydrogen-bond donors (Lipinski definition) is 6. The van der Waals surface area contributed by atoms with Crippen molar-refractivity contribution in [1.82, 2.24) is 0 Å². The fraction of sp³-hybridized carbons (Fsp3) is 0.944. The summed E-state index contributed by atoms with van der Waals surface area (Å²) in [6, 6.07) is 0. The van der Waals surface area contributed by atoms with Crippen molar-refractivity contribution >= 4 is 0 Å². The monoisotopic (exact) mass is 620 g/mol. The second-order valence-electron chi connectivity index (χ2n) is 17.5. The summed E-state index contributed by atoms with van der Waals surface area (Å²) in [4.78, 5) is 0. The van der Waals surface area contributed by atoms with Crippen LogP contribution in [0.1, 0.15) is 100 Å². The Bertz CT molecular complexity index is 1150. The molecular weight excluding hydrogens is 560 g/mol. The number of hydrogen-bond acceptors (Lipinski definition) is 8. The van der Waals surface area contributed by atoms with E-state index in [1.807, 2.05) is 6.92 Å². The van der Waals surface area contributed by atoms with Crippen molar-refractivity contribution in [2.24, 2.45) is 56.7 Å². The molecule has 1 saturated heterocycles. The lowest BCUT2D eigenvalue weighted by Gasteiger charge is -2.72. The molecule has 0 amide bonds. The zero-order valence-corrected chi connectivity index (χ0v) is 28.2. The van der Waals surface area contributed by atoms with Gasteiger partial charge in [-0.05, 0) is 97.7 Å². The van der Waals surface area contributed by atoms with E-state index in [9.17, 15) is 30.6 Å². The summed E-state index contributed by atoms with van der Waals surface area (Å²) in [6.07, 6.45) is 0.270. The van der Waals surface area contributed by atoms with E-state index in [-0.39, 0.29) is 29.3 Å². The maximum atomic E-state index is 11.9. The van der Waals surface area contributed by atoms with E-state index in [1.165, 1.54) is 19.3 Å². The van der Waals surface area contributed by atoms with Crippen molar-refractivity contribution in [3.8, 4) is 0 Å². The highest BCUT2D eigenvalue weighted by atomic mass is 16.7. The van der Waals surface area contributed by atoms with E-state index in [1.54, 1.807) is 12.5 Å². The molecule has 6 aliphatic rings. The predicted molar refractivity (Wildman–Crippen MR) is 166 cm³/mol. The molecule has 18 atom stereocenters. The fourth-order valence-electron chi connectivity index (χ4n) is 12.3. The summed E-state index contributed by atoms with van der Waals surface area (Å²) in [5, 5.41) is 66.1. The van der Waals surface area contributed by atoms with Crippen LogP contribution in [0.5, 0.6) is 0 Å². The first kappa shape index (κ1) is 33.3. The van der Waals surface area contributed by atoms with E-state index < -0.39 is 59.8 Å². The van der Waals surface area contributed by atoms with Gasteiger partial charge >= 0.3 is 0 Å². The van der Waals surface area contributed by atoms with Gasteiger partial charge in [0, 0.05) is 10.8 Å². The minimum Gasteiger partial charge on any atom is -0.390 e. The number of fused-ring (bicyclic) bond motifs is 7. The number of rotatable bonds is 3. The van der Waals surface area contributed by atoms with Gasteiger partial charge in [0.1, 0.15) is 24.4 Å². The lowest BCUT2D eigenvalue weighted by Crippen LogP contribution is -2.73. The average Bonchev–Trinajstić information content (AvgIpc) is 2.98. The minimum atomic E-state index is -1.45. The Kier molecular flexibility index (Phi) is 8.11. The number of aliphatic hydroxyl groups excluding tert-OH is 6. The number of ether oxygens (including phenoxy) is 2. The summed E-state index contributed by atoms with van der Waals surface area (Å²) < 4.78 is 11.8. The van der Waals surface area contributed by atoms with Gasteiger partial charge in [-0.25, -0.2) is 0 Å². The van der Waals surface area contributed by atoms with Crippen LogP contribution < -0.4 is 0 Å². The van der Waals surface area contributed by atoms with Crippen molar-refractivity contribution < 1.29 is 40.1 Å². The van der Waals surface area contributed by atoms with Crippen LogP contribution in [-0.4, -0.2) is 86.3 Å². The van der Waals surface area contributed by atoms with Crippen LogP contribution in [0.4, 0.5) is 0 Å². The maximum Gasteiger partial charge on any atom is 0.186 e. The Morgan fingerprint density at radius 2 is 1.45 bits per heavy atom. The van der Waals surface area contributed by atoms with Crippen LogP contribution in [0.2, 0.25) is 0 Å². The highest BCUT2D eigenvalue weighted by molar-refractivity contribution is 5.34. The summed E-state index contributed by atoms with van der Waals surface area (Å²) in [5.41, 5.74) is 0.213. The predicted octanol–water partition coefficient (Wildman–Crippen LogP) is 3.79. The number of aliphatic hydroxyl groups is 6. The van der Waals surface area contributed by atoms with Gasteiger partial charge in [-0.3, -0.25) is 0 Å². The molecule has 6 N–H and O–H groups in total. The van der Waals surface area contributed by atoms with E-state index in [0.717, 1.165) is 25.7 Å². The Hall–Kier alpha value is -0.580. The molecule has 44 heavy (non-hydrogen) atoms. The molecule has 8 heteroatoms. The van der Waals surface area contributed by atoms with E-state index >= 15 is 0 Å². The molecule has 1 heterocycles. The van der Waals surface area contributed by atoms with Crippen LogP contribution in [0.15, 0.2) is 11.6 Å². The highest BCUT2D eigenvalue weighted by Gasteiger charge is 2.72. The second-order valence-corrected chi connectivity index (χ2v) is 17.5. The Labute approximate surface area is 264 Å². The van der Waals surface area contributed by atoms with Gasteiger partial charge in [0.05, 0.1) is 24.9 Å². The number of allylic oxidation sites excluding steroid dienone is 2. The van der Waals surface area contributed by atoms with E-state index in [2.05, 4.69) is 47.6 Å². The zero-order chi connectivity index (χ0) is 32.4. The molecule has 0 aromatic heterocycles. The molecule has 0 aromatic rings. The van der Waals surface area contributed by atoms with Crippen LogP contribution in [-0.2, 0) is 9.47 Å². The fourth-order valence-corrected chi connectivity index (χ4v) is 12.3. The first-order chi connectivity index (χ1) is 20.4. The highest BCUT2D eigenvalue weighted by Crippen LogP contribution is 2.75. The zero-order valence-electron chi connectivity index (χ0n) is 28.2. The van der Waals surface area contributed by atoms with Gasteiger partial charge in [0.2, 0.25) is 0 Å². The third-order valence-corrected chi connectivity index (χ3v) is 15.7. The molecule has 252 valence electrons. The normalized spacial score (nSPS) is 60.8.